The van der Waals surface area contributed by atoms with Crippen molar-refractivity contribution in [1.29, 1.82) is 0 Å². The van der Waals surface area contributed by atoms with Crippen molar-refractivity contribution in [2.45, 2.75) is 19.3 Å². The van der Waals surface area contributed by atoms with Crippen molar-refractivity contribution in [3.63, 3.8) is 0 Å². The van der Waals surface area contributed by atoms with E-state index in [0.717, 1.165) is 21.6 Å². The Kier molecular flexibility index (Phi) is 2.40. The lowest BCUT2D eigenvalue weighted by Crippen LogP contribution is -2.22. The Labute approximate surface area is 91.0 Å². The van der Waals surface area contributed by atoms with Gasteiger partial charge in [0, 0.05) is 11.0 Å². The van der Waals surface area contributed by atoms with Crippen molar-refractivity contribution >= 4 is 21.6 Å². The Morgan fingerprint density at radius 1 is 1.47 bits per heavy atom. The van der Waals surface area contributed by atoms with E-state index < -0.39 is 5.41 Å². The predicted octanol–water partition coefficient (Wildman–Crippen LogP) is 2.12. The molecule has 3 nitrogen and oxygen atoms in total. The van der Waals surface area contributed by atoms with Crippen molar-refractivity contribution in [1.82, 2.24) is 0 Å². The van der Waals surface area contributed by atoms with Crippen molar-refractivity contribution in [3.8, 4) is 0 Å². The van der Waals surface area contributed by atoms with Crippen molar-refractivity contribution < 1.29 is 9.52 Å². The Hall–Kier alpha value is -1.13. The molecule has 1 aromatic heterocycles. The lowest BCUT2D eigenvalue weighted by atomic mass is 9.85. The number of fused-ring (bicyclic) bond motifs is 1. The molecule has 80 valence electrons. The van der Waals surface area contributed by atoms with E-state index in [2.05, 4.69) is 0 Å². The van der Waals surface area contributed by atoms with Crippen molar-refractivity contribution in [3.05, 3.63) is 33.5 Å². The van der Waals surface area contributed by atoms with Crippen molar-refractivity contribution in [2.75, 3.05) is 6.61 Å². The quantitative estimate of drug-likeness (QED) is 0.850. The minimum Gasteiger partial charge on any atom is -0.414 e. The van der Waals surface area contributed by atoms with Crippen LogP contribution >= 0.6 is 11.3 Å². The molecule has 4 heteroatoms. The van der Waals surface area contributed by atoms with Crippen LogP contribution in [0, 0.1) is 0 Å². The summed E-state index contributed by atoms with van der Waals surface area (Å²) in [5.74, 6) is 0. The van der Waals surface area contributed by atoms with Crippen LogP contribution in [0.4, 0.5) is 0 Å². The number of hydrogen-bond donors (Lipinski definition) is 1. The minimum absolute atomic E-state index is 0.0195. The average molecular weight is 224 g/mol. The first-order valence-corrected chi connectivity index (χ1v) is 5.50. The van der Waals surface area contributed by atoms with Crippen LogP contribution in [0.15, 0.2) is 27.4 Å². The van der Waals surface area contributed by atoms with E-state index >= 15 is 0 Å². The third-order valence-corrected chi connectivity index (χ3v) is 3.27. The fourth-order valence-corrected chi connectivity index (χ4v) is 2.21. The molecule has 0 amide bonds. The standard InChI is InChI=1S/C11H12O3S/c1-11(2,6-12)7-4-3-5-8-9(7)14-10(13)15-8/h3-5,12H,6H2,1-2H3. The largest absolute Gasteiger partial charge is 0.414 e. The molecule has 0 bridgehead atoms. The van der Waals surface area contributed by atoms with Gasteiger partial charge in [-0.1, -0.05) is 37.3 Å². The zero-order valence-electron chi connectivity index (χ0n) is 8.61. The first-order valence-electron chi connectivity index (χ1n) is 4.68. The van der Waals surface area contributed by atoms with Gasteiger partial charge in [-0.15, -0.1) is 0 Å². The molecular weight excluding hydrogens is 212 g/mol. The highest BCUT2D eigenvalue weighted by Gasteiger charge is 2.23. The maximum absolute atomic E-state index is 11.1. The van der Waals surface area contributed by atoms with E-state index in [1.165, 1.54) is 0 Å². The zero-order chi connectivity index (χ0) is 11.1. The molecule has 0 unspecified atom stereocenters. The van der Waals surface area contributed by atoms with Gasteiger partial charge in [-0.2, -0.15) is 0 Å². The maximum atomic E-state index is 11.1. The summed E-state index contributed by atoms with van der Waals surface area (Å²) in [6.45, 7) is 3.85. The summed E-state index contributed by atoms with van der Waals surface area (Å²) in [7, 11) is 0. The van der Waals surface area contributed by atoms with Crippen LogP contribution in [-0.4, -0.2) is 11.7 Å². The molecule has 1 heterocycles. The first-order chi connectivity index (χ1) is 7.04. The van der Waals surface area contributed by atoms with Crippen LogP contribution in [0.3, 0.4) is 0 Å². The van der Waals surface area contributed by atoms with Gasteiger partial charge in [0.2, 0.25) is 0 Å². The second-order valence-electron chi connectivity index (χ2n) is 4.13. The smallest absolute Gasteiger partial charge is 0.396 e. The predicted molar refractivity (Wildman–Crippen MR) is 60.5 cm³/mol. The number of aliphatic hydroxyl groups is 1. The Balaban J connectivity index is 2.76. The van der Waals surface area contributed by atoms with Crippen LogP contribution in [0.1, 0.15) is 19.4 Å². The van der Waals surface area contributed by atoms with Crippen LogP contribution in [-0.2, 0) is 5.41 Å². The first kappa shape index (κ1) is 10.4. The van der Waals surface area contributed by atoms with Gasteiger partial charge >= 0.3 is 4.94 Å². The highest BCUT2D eigenvalue weighted by molar-refractivity contribution is 7.16. The van der Waals surface area contributed by atoms with Gasteiger partial charge in [0.25, 0.3) is 0 Å². The minimum atomic E-state index is -0.392. The molecule has 0 saturated carbocycles. The van der Waals surface area contributed by atoms with E-state index in [-0.39, 0.29) is 11.5 Å². The molecule has 1 N–H and O–H groups in total. The van der Waals surface area contributed by atoms with Gasteiger partial charge in [-0.3, -0.25) is 0 Å². The van der Waals surface area contributed by atoms with E-state index in [1.807, 2.05) is 32.0 Å². The van der Waals surface area contributed by atoms with Gasteiger partial charge in [0.05, 0.1) is 11.3 Å². The summed E-state index contributed by atoms with van der Waals surface area (Å²) in [6.07, 6.45) is 0. The van der Waals surface area contributed by atoms with Gasteiger partial charge in [0.1, 0.15) is 0 Å². The molecule has 0 aliphatic rings. The molecule has 2 rings (SSSR count). The molecule has 2 aromatic rings. The van der Waals surface area contributed by atoms with E-state index in [0.29, 0.717) is 5.58 Å². The van der Waals surface area contributed by atoms with Gasteiger partial charge in [0.15, 0.2) is 5.58 Å². The van der Waals surface area contributed by atoms with Crippen LogP contribution in [0.5, 0.6) is 0 Å². The maximum Gasteiger partial charge on any atom is 0.396 e. The normalized spacial score (nSPS) is 12.2. The second-order valence-corrected chi connectivity index (χ2v) is 5.11. The van der Waals surface area contributed by atoms with Gasteiger partial charge in [-0.05, 0) is 6.07 Å². The van der Waals surface area contributed by atoms with E-state index in [4.69, 9.17) is 4.42 Å². The van der Waals surface area contributed by atoms with Crippen LogP contribution in [0.25, 0.3) is 10.3 Å². The number of hydrogen-bond acceptors (Lipinski definition) is 4. The second kappa shape index (κ2) is 3.47. The Bertz CT molecular complexity index is 536. The Morgan fingerprint density at radius 3 is 2.87 bits per heavy atom. The molecule has 0 atom stereocenters. The monoisotopic (exact) mass is 224 g/mol. The molecule has 0 aliphatic heterocycles. The molecule has 1 aromatic carbocycles. The third kappa shape index (κ3) is 1.70. The van der Waals surface area contributed by atoms with Crippen LogP contribution < -0.4 is 4.94 Å². The van der Waals surface area contributed by atoms with Gasteiger partial charge in [-0.25, -0.2) is 4.79 Å². The fraction of sp³-hybridized carbons (Fsp3) is 0.364. The molecule has 0 radical (unpaired) electrons. The number of rotatable bonds is 2. The van der Waals surface area contributed by atoms with Crippen LogP contribution in [0.2, 0.25) is 0 Å². The van der Waals surface area contributed by atoms with Crippen molar-refractivity contribution in [2.24, 2.45) is 0 Å². The molecule has 0 spiro atoms. The SMILES string of the molecule is CC(C)(CO)c1cccc2sc(=O)oc12. The average Bonchev–Trinajstić information content (AvgIpc) is 2.57. The highest BCUT2D eigenvalue weighted by Crippen LogP contribution is 2.30. The summed E-state index contributed by atoms with van der Waals surface area (Å²) in [6, 6.07) is 5.61. The number of benzene rings is 1. The molecule has 15 heavy (non-hydrogen) atoms. The summed E-state index contributed by atoms with van der Waals surface area (Å²) in [5, 5.41) is 9.30. The summed E-state index contributed by atoms with van der Waals surface area (Å²) >= 11 is 1.09. The highest BCUT2D eigenvalue weighted by atomic mass is 32.1. The lowest BCUT2D eigenvalue weighted by molar-refractivity contribution is 0.218. The van der Waals surface area contributed by atoms with E-state index in [1.54, 1.807) is 0 Å². The molecular formula is C11H12O3S. The zero-order valence-corrected chi connectivity index (χ0v) is 9.43. The summed E-state index contributed by atoms with van der Waals surface area (Å²) in [4.78, 5) is 10.8. The molecule has 0 saturated heterocycles. The summed E-state index contributed by atoms with van der Waals surface area (Å²) in [5.41, 5.74) is 1.09. The lowest BCUT2D eigenvalue weighted by Gasteiger charge is -2.21. The molecule has 0 aliphatic carbocycles. The summed E-state index contributed by atoms with van der Waals surface area (Å²) < 4.78 is 5.97. The topological polar surface area (TPSA) is 50.4 Å². The molecule has 0 fully saturated rings. The van der Waals surface area contributed by atoms with E-state index in [9.17, 15) is 9.90 Å². The third-order valence-electron chi connectivity index (χ3n) is 2.48. The van der Waals surface area contributed by atoms with Gasteiger partial charge < -0.3 is 9.52 Å². The fourth-order valence-electron chi connectivity index (χ4n) is 1.51. The number of para-hydroxylation sites is 1. The number of aliphatic hydroxyl groups excluding tert-OH is 1. The Morgan fingerprint density at radius 2 is 2.20 bits per heavy atom.